The lowest BCUT2D eigenvalue weighted by atomic mass is 9.96. The highest BCUT2D eigenvalue weighted by Crippen LogP contribution is 2.19. The van der Waals surface area contributed by atoms with E-state index < -0.39 is 0 Å². The molecule has 1 aromatic carbocycles. The first-order chi connectivity index (χ1) is 9.63. The number of nitrogens with one attached hydrogen (secondary N) is 1. The third-order valence-corrected chi connectivity index (χ3v) is 4.23. The Morgan fingerprint density at radius 2 is 2.20 bits per heavy atom. The molecule has 2 heterocycles. The molecule has 4 nitrogen and oxygen atoms in total. The Labute approximate surface area is 118 Å². The first-order valence-electron chi connectivity index (χ1n) is 7.15. The lowest BCUT2D eigenvalue weighted by Crippen LogP contribution is -2.43. The summed E-state index contributed by atoms with van der Waals surface area (Å²) in [6.45, 7) is 4.26. The number of pyridine rings is 1. The Kier molecular flexibility index (Phi) is 3.59. The van der Waals surface area contributed by atoms with Crippen LogP contribution in [0.3, 0.4) is 0 Å². The second-order valence-corrected chi connectivity index (χ2v) is 5.78. The average Bonchev–Trinajstić information content (AvgIpc) is 2.44. The van der Waals surface area contributed by atoms with E-state index in [-0.39, 0.29) is 11.7 Å². The number of aromatic amines is 1. The third-order valence-electron chi connectivity index (χ3n) is 4.23. The molecule has 20 heavy (non-hydrogen) atoms. The second kappa shape index (κ2) is 5.38. The Bertz CT molecular complexity index is 665. The van der Waals surface area contributed by atoms with Crippen LogP contribution in [0.4, 0.5) is 0 Å². The van der Waals surface area contributed by atoms with Gasteiger partial charge in [0, 0.05) is 24.2 Å². The average molecular weight is 272 g/mol. The summed E-state index contributed by atoms with van der Waals surface area (Å²) in [7, 11) is 0. The summed E-state index contributed by atoms with van der Waals surface area (Å²) < 4.78 is 0. The van der Waals surface area contributed by atoms with Crippen LogP contribution in [-0.2, 0) is 6.54 Å². The zero-order chi connectivity index (χ0) is 14.1. The van der Waals surface area contributed by atoms with Gasteiger partial charge in [-0.1, -0.05) is 25.1 Å². The number of H-pyrrole nitrogens is 1. The molecular formula is C16H20N2O2. The van der Waals surface area contributed by atoms with Crippen LogP contribution in [-0.4, -0.2) is 34.2 Å². The zero-order valence-corrected chi connectivity index (χ0v) is 11.7. The van der Waals surface area contributed by atoms with Gasteiger partial charge in [-0.2, -0.15) is 0 Å². The summed E-state index contributed by atoms with van der Waals surface area (Å²) in [4.78, 5) is 17.2. The van der Waals surface area contributed by atoms with E-state index in [1.54, 1.807) is 0 Å². The van der Waals surface area contributed by atoms with Gasteiger partial charge in [0.05, 0.1) is 6.10 Å². The van der Waals surface area contributed by atoms with Gasteiger partial charge in [-0.15, -0.1) is 0 Å². The maximum Gasteiger partial charge on any atom is 0.252 e. The van der Waals surface area contributed by atoms with E-state index in [1.807, 2.05) is 30.3 Å². The van der Waals surface area contributed by atoms with Crippen molar-refractivity contribution < 1.29 is 5.11 Å². The number of rotatable bonds is 2. The number of hydrogen-bond acceptors (Lipinski definition) is 3. The fourth-order valence-electron chi connectivity index (χ4n) is 2.81. The summed E-state index contributed by atoms with van der Waals surface area (Å²) in [5.41, 5.74) is 1.61. The van der Waals surface area contributed by atoms with E-state index in [2.05, 4.69) is 16.8 Å². The van der Waals surface area contributed by atoms with Crippen molar-refractivity contribution in [2.75, 3.05) is 13.1 Å². The number of nitrogens with zero attached hydrogens (tertiary/aromatic N) is 1. The van der Waals surface area contributed by atoms with E-state index in [4.69, 9.17) is 0 Å². The molecule has 1 aromatic heterocycles. The molecule has 0 spiro atoms. The highest BCUT2D eigenvalue weighted by Gasteiger charge is 2.24. The van der Waals surface area contributed by atoms with Gasteiger partial charge < -0.3 is 10.1 Å². The predicted molar refractivity (Wildman–Crippen MR) is 79.6 cm³/mol. The molecular weight excluding hydrogens is 252 g/mol. The summed E-state index contributed by atoms with van der Waals surface area (Å²) >= 11 is 0. The maximum absolute atomic E-state index is 12.1. The number of aliphatic hydroxyl groups excluding tert-OH is 1. The van der Waals surface area contributed by atoms with Gasteiger partial charge >= 0.3 is 0 Å². The first kappa shape index (κ1) is 13.3. The van der Waals surface area contributed by atoms with Crippen molar-refractivity contribution in [3.8, 4) is 0 Å². The molecule has 4 heteroatoms. The van der Waals surface area contributed by atoms with Crippen molar-refractivity contribution in [3.63, 3.8) is 0 Å². The summed E-state index contributed by atoms with van der Waals surface area (Å²) in [5.74, 6) is 0.348. The van der Waals surface area contributed by atoms with Crippen molar-refractivity contribution in [1.29, 1.82) is 0 Å². The SMILES string of the molecule is CC1CCN(Cc2cc3ccccc3[nH]c2=O)CC1O. The molecule has 0 amide bonds. The molecule has 1 fully saturated rings. The van der Waals surface area contributed by atoms with E-state index in [9.17, 15) is 9.90 Å². The van der Waals surface area contributed by atoms with Crippen molar-refractivity contribution >= 4 is 10.9 Å². The quantitative estimate of drug-likeness (QED) is 0.875. The van der Waals surface area contributed by atoms with Crippen molar-refractivity contribution in [2.45, 2.75) is 26.0 Å². The van der Waals surface area contributed by atoms with Crippen LogP contribution in [0.25, 0.3) is 10.9 Å². The monoisotopic (exact) mass is 272 g/mol. The van der Waals surface area contributed by atoms with Gasteiger partial charge in [0.2, 0.25) is 0 Å². The van der Waals surface area contributed by atoms with Crippen molar-refractivity contribution in [2.24, 2.45) is 5.92 Å². The highest BCUT2D eigenvalue weighted by atomic mass is 16.3. The molecule has 3 rings (SSSR count). The number of aliphatic hydroxyl groups is 1. The van der Waals surface area contributed by atoms with Crippen LogP contribution in [0.5, 0.6) is 0 Å². The molecule has 2 unspecified atom stereocenters. The Morgan fingerprint density at radius 3 is 3.00 bits per heavy atom. The van der Waals surface area contributed by atoms with Gasteiger partial charge in [0.1, 0.15) is 0 Å². The van der Waals surface area contributed by atoms with E-state index in [0.29, 0.717) is 19.0 Å². The molecule has 2 N–H and O–H groups in total. The molecule has 106 valence electrons. The number of hydrogen-bond donors (Lipinski definition) is 2. The number of aromatic nitrogens is 1. The first-order valence-corrected chi connectivity index (χ1v) is 7.15. The van der Waals surface area contributed by atoms with Crippen LogP contribution in [0.15, 0.2) is 35.1 Å². The third kappa shape index (κ3) is 2.62. The van der Waals surface area contributed by atoms with Crippen LogP contribution in [0, 0.1) is 5.92 Å². The van der Waals surface area contributed by atoms with Gasteiger partial charge in [0.25, 0.3) is 5.56 Å². The number of fused-ring (bicyclic) bond motifs is 1. The number of likely N-dealkylation sites (tertiary alicyclic amines) is 1. The smallest absolute Gasteiger partial charge is 0.252 e. The number of para-hydroxylation sites is 1. The minimum absolute atomic E-state index is 0.0307. The number of β-amino-alcohol motifs (C(OH)–C–C–N with tert-alkyl or cyclic N) is 1. The highest BCUT2D eigenvalue weighted by molar-refractivity contribution is 5.78. The van der Waals surface area contributed by atoms with Crippen LogP contribution in [0.2, 0.25) is 0 Å². The second-order valence-electron chi connectivity index (χ2n) is 5.78. The van der Waals surface area contributed by atoms with Gasteiger partial charge in [-0.3, -0.25) is 9.69 Å². The largest absolute Gasteiger partial charge is 0.392 e. The standard InChI is InChI=1S/C16H20N2O2/c1-11-6-7-18(10-15(11)19)9-13-8-12-4-2-3-5-14(12)17-16(13)20/h2-5,8,11,15,19H,6-7,9-10H2,1H3,(H,17,20). The van der Waals surface area contributed by atoms with E-state index in [1.165, 1.54) is 0 Å². The summed E-state index contributed by atoms with van der Waals surface area (Å²) in [5, 5.41) is 11.0. The van der Waals surface area contributed by atoms with E-state index >= 15 is 0 Å². The van der Waals surface area contributed by atoms with Crippen LogP contribution in [0.1, 0.15) is 18.9 Å². The summed E-state index contributed by atoms with van der Waals surface area (Å²) in [6, 6.07) is 9.75. The number of piperidine rings is 1. The van der Waals surface area contributed by atoms with Gasteiger partial charge in [-0.05, 0) is 36.4 Å². The van der Waals surface area contributed by atoms with Crippen LogP contribution >= 0.6 is 0 Å². The van der Waals surface area contributed by atoms with Crippen molar-refractivity contribution in [1.82, 2.24) is 9.88 Å². The van der Waals surface area contributed by atoms with Crippen LogP contribution < -0.4 is 5.56 Å². The normalized spacial score (nSPS) is 24.1. The molecule has 1 aliphatic rings. The fourth-order valence-corrected chi connectivity index (χ4v) is 2.81. The Hall–Kier alpha value is -1.65. The minimum Gasteiger partial charge on any atom is -0.392 e. The van der Waals surface area contributed by atoms with E-state index in [0.717, 1.165) is 29.4 Å². The molecule has 2 atom stereocenters. The molecule has 0 bridgehead atoms. The lowest BCUT2D eigenvalue weighted by Gasteiger charge is -2.34. The maximum atomic E-state index is 12.1. The summed E-state index contributed by atoms with van der Waals surface area (Å²) in [6.07, 6.45) is 0.690. The van der Waals surface area contributed by atoms with Gasteiger partial charge in [-0.25, -0.2) is 0 Å². The molecule has 0 aliphatic carbocycles. The molecule has 0 saturated carbocycles. The molecule has 2 aromatic rings. The Balaban J connectivity index is 1.84. The molecule has 1 saturated heterocycles. The molecule has 0 radical (unpaired) electrons. The zero-order valence-electron chi connectivity index (χ0n) is 11.7. The number of benzene rings is 1. The predicted octanol–water partition coefficient (Wildman–Crippen LogP) is 1.73. The lowest BCUT2D eigenvalue weighted by molar-refractivity contribution is 0.0258. The van der Waals surface area contributed by atoms with Crippen molar-refractivity contribution in [3.05, 3.63) is 46.2 Å². The van der Waals surface area contributed by atoms with Gasteiger partial charge in [0.15, 0.2) is 0 Å². The topological polar surface area (TPSA) is 56.3 Å². The molecule has 1 aliphatic heterocycles. The minimum atomic E-state index is -0.289. The fraction of sp³-hybridized carbons (Fsp3) is 0.438. The Morgan fingerprint density at radius 1 is 1.40 bits per heavy atom.